The molecule has 0 aliphatic heterocycles. The predicted octanol–water partition coefficient (Wildman–Crippen LogP) is 5.14. The van der Waals surface area contributed by atoms with Crippen molar-refractivity contribution in [2.75, 3.05) is 0 Å². The highest BCUT2D eigenvalue weighted by Crippen LogP contribution is 2.37. The van der Waals surface area contributed by atoms with E-state index in [-0.39, 0.29) is 28.4 Å². The van der Waals surface area contributed by atoms with Crippen LogP contribution in [0.3, 0.4) is 0 Å². The molecule has 0 atom stereocenters. The van der Waals surface area contributed by atoms with Gasteiger partial charge >= 0.3 is 11.9 Å². The summed E-state index contributed by atoms with van der Waals surface area (Å²) in [6, 6.07) is 16.3. The maximum Gasteiger partial charge on any atom is 0.343 e. The minimum Gasteiger partial charge on any atom is -0.504 e. The molecule has 3 rings (SSSR count). The summed E-state index contributed by atoms with van der Waals surface area (Å²) in [7, 11) is 0. The zero-order chi connectivity index (χ0) is 19.4. The van der Waals surface area contributed by atoms with Crippen molar-refractivity contribution in [2.24, 2.45) is 0 Å². The van der Waals surface area contributed by atoms with Crippen molar-refractivity contribution in [1.29, 1.82) is 0 Å². The Morgan fingerprint density at radius 2 is 1.19 bits per heavy atom. The monoisotopic (exact) mass is 402 g/mol. The molecule has 0 unspecified atom stereocenters. The number of carbonyl (C=O) groups is 2. The van der Waals surface area contributed by atoms with Gasteiger partial charge in [0.25, 0.3) is 0 Å². The Balaban J connectivity index is 1.83. The molecule has 27 heavy (non-hydrogen) atoms. The number of hydrogen-bond donors (Lipinski definition) is 1. The Hall–Kier alpha value is -3.02. The van der Waals surface area contributed by atoms with Gasteiger partial charge in [-0.3, -0.25) is 0 Å². The van der Waals surface area contributed by atoms with Gasteiger partial charge in [0.15, 0.2) is 11.5 Å². The number of aromatic hydroxyl groups is 1. The fourth-order valence-electron chi connectivity index (χ4n) is 2.17. The summed E-state index contributed by atoms with van der Waals surface area (Å²) in [4.78, 5) is 24.6. The van der Waals surface area contributed by atoms with Gasteiger partial charge in [0.05, 0.1) is 11.1 Å². The van der Waals surface area contributed by atoms with E-state index in [4.69, 9.17) is 32.7 Å². The van der Waals surface area contributed by atoms with Gasteiger partial charge in [-0.25, -0.2) is 9.59 Å². The molecule has 1 N–H and O–H groups in total. The van der Waals surface area contributed by atoms with Crippen LogP contribution in [0.2, 0.25) is 10.0 Å². The lowest BCUT2D eigenvalue weighted by Gasteiger charge is -2.12. The SMILES string of the molecule is O=C(Oc1cccc(O)c1OC(=O)c1ccc(Cl)cc1)c1ccc(Cl)cc1. The number of ether oxygens (including phenoxy) is 2. The molecule has 0 aromatic heterocycles. The third-order valence-corrected chi connectivity index (χ3v) is 4.02. The van der Waals surface area contributed by atoms with Crippen LogP contribution in [0.4, 0.5) is 0 Å². The Bertz CT molecular complexity index is 982. The van der Waals surface area contributed by atoms with Crippen LogP contribution in [-0.4, -0.2) is 17.0 Å². The van der Waals surface area contributed by atoms with Crippen LogP contribution in [0.5, 0.6) is 17.2 Å². The molecule has 0 bridgehead atoms. The molecule has 0 aliphatic carbocycles. The van der Waals surface area contributed by atoms with Crippen LogP contribution >= 0.6 is 23.2 Å². The van der Waals surface area contributed by atoms with Crippen LogP contribution in [0.25, 0.3) is 0 Å². The van der Waals surface area contributed by atoms with Crippen LogP contribution in [-0.2, 0) is 0 Å². The first kappa shape index (κ1) is 18.8. The second-order valence-corrected chi connectivity index (χ2v) is 6.27. The number of para-hydroxylation sites is 1. The van der Waals surface area contributed by atoms with E-state index >= 15 is 0 Å². The first-order chi connectivity index (χ1) is 12.9. The van der Waals surface area contributed by atoms with Crippen molar-refractivity contribution in [2.45, 2.75) is 0 Å². The van der Waals surface area contributed by atoms with Crippen molar-refractivity contribution >= 4 is 35.1 Å². The third-order valence-electron chi connectivity index (χ3n) is 3.52. The van der Waals surface area contributed by atoms with E-state index in [0.717, 1.165) is 0 Å². The van der Waals surface area contributed by atoms with Gasteiger partial charge < -0.3 is 14.6 Å². The average molecular weight is 403 g/mol. The number of rotatable bonds is 4. The van der Waals surface area contributed by atoms with Crippen LogP contribution in [0, 0.1) is 0 Å². The largest absolute Gasteiger partial charge is 0.504 e. The quantitative estimate of drug-likeness (QED) is 0.483. The molecule has 5 nitrogen and oxygen atoms in total. The fraction of sp³-hybridized carbons (Fsp3) is 0. The van der Waals surface area contributed by atoms with Crippen molar-refractivity contribution in [1.82, 2.24) is 0 Å². The number of esters is 2. The lowest BCUT2D eigenvalue weighted by molar-refractivity contribution is 0.0678. The summed E-state index contributed by atoms with van der Waals surface area (Å²) in [5.74, 6) is -2.14. The predicted molar refractivity (Wildman–Crippen MR) is 101 cm³/mol. The summed E-state index contributed by atoms with van der Waals surface area (Å²) in [6.07, 6.45) is 0. The van der Waals surface area contributed by atoms with Gasteiger partial charge in [0.1, 0.15) is 0 Å². The third kappa shape index (κ3) is 4.58. The summed E-state index contributed by atoms with van der Waals surface area (Å²) in [5.41, 5.74) is 0.468. The van der Waals surface area contributed by atoms with E-state index in [1.165, 1.54) is 54.6 Å². The van der Waals surface area contributed by atoms with E-state index in [9.17, 15) is 14.7 Å². The molecule has 3 aromatic rings. The second-order valence-electron chi connectivity index (χ2n) is 5.40. The van der Waals surface area contributed by atoms with Crippen molar-refractivity contribution in [3.05, 3.63) is 87.9 Å². The smallest absolute Gasteiger partial charge is 0.343 e. The Morgan fingerprint density at radius 1 is 0.704 bits per heavy atom. The molecule has 0 radical (unpaired) electrons. The first-order valence-electron chi connectivity index (χ1n) is 7.71. The number of hydrogen-bond acceptors (Lipinski definition) is 5. The minimum atomic E-state index is -0.739. The molecular weight excluding hydrogens is 391 g/mol. The van der Waals surface area contributed by atoms with Gasteiger partial charge in [-0.1, -0.05) is 29.3 Å². The highest BCUT2D eigenvalue weighted by Gasteiger charge is 2.19. The van der Waals surface area contributed by atoms with Crippen molar-refractivity contribution < 1.29 is 24.2 Å². The number of phenolic OH excluding ortho intramolecular Hbond substituents is 1. The molecule has 0 saturated carbocycles. The van der Waals surface area contributed by atoms with E-state index in [1.54, 1.807) is 12.1 Å². The molecular formula is C20H12Cl2O5. The molecule has 136 valence electrons. The molecule has 0 amide bonds. The first-order valence-corrected chi connectivity index (χ1v) is 8.47. The van der Waals surface area contributed by atoms with Gasteiger partial charge in [0.2, 0.25) is 5.75 Å². The van der Waals surface area contributed by atoms with Crippen molar-refractivity contribution in [3.63, 3.8) is 0 Å². The number of carbonyl (C=O) groups excluding carboxylic acids is 2. The normalized spacial score (nSPS) is 10.3. The summed E-state index contributed by atoms with van der Waals surface area (Å²) in [5, 5.41) is 11.0. The highest BCUT2D eigenvalue weighted by atomic mass is 35.5. The Labute approximate surface area is 164 Å². The van der Waals surface area contributed by atoms with E-state index in [2.05, 4.69) is 0 Å². The molecule has 0 spiro atoms. The maximum atomic E-state index is 12.3. The van der Waals surface area contributed by atoms with Gasteiger partial charge in [-0.2, -0.15) is 0 Å². The summed E-state index contributed by atoms with van der Waals surface area (Å²) in [6.45, 7) is 0. The molecule has 0 saturated heterocycles. The topological polar surface area (TPSA) is 72.8 Å². The molecule has 0 heterocycles. The number of phenols is 1. The summed E-state index contributed by atoms with van der Waals surface area (Å²) < 4.78 is 10.5. The summed E-state index contributed by atoms with van der Waals surface area (Å²) >= 11 is 11.6. The number of benzene rings is 3. The van der Waals surface area contributed by atoms with Gasteiger partial charge in [0, 0.05) is 10.0 Å². The zero-order valence-corrected chi connectivity index (χ0v) is 15.2. The standard InChI is InChI=1S/C20H12Cl2O5/c21-14-8-4-12(5-9-14)19(24)26-17-3-1-2-16(23)18(17)27-20(25)13-6-10-15(22)11-7-13/h1-11,23H. The zero-order valence-electron chi connectivity index (χ0n) is 13.7. The van der Waals surface area contributed by atoms with E-state index in [0.29, 0.717) is 10.0 Å². The van der Waals surface area contributed by atoms with E-state index < -0.39 is 11.9 Å². The Morgan fingerprint density at radius 3 is 1.70 bits per heavy atom. The molecule has 3 aromatic carbocycles. The number of halogens is 2. The molecule has 7 heteroatoms. The van der Waals surface area contributed by atoms with Crippen LogP contribution in [0.1, 0.15) is 20.7 Å². The van der Waals surface area contributed by atoms with Crippen LogP contribution in [0.15, 0.2) is 66.7 Å². The van der Waals surface area contributed by atoms with Gasteiger partial charge in [-0.15, -0.1) is 0 Å². The average Bonchev–Trinajstić information content (AvgIpc) is 2.65. The fourth-order valence-corrected chi connectivity index (χ4v) is 2.42. The second kappa shape index (κ2) is 8.12. The maximum absolute atomic E-state index is 12.3. The minimum absolute atomic E-state index is 0.0998. The van der Waals surface area contributed by atoms with Crippen molar-refractivity contribution in [3.8, 4) is 17.2 Å². The molecule has 0 aliphatic rings. The van der Waals surface area contributed by atoms with Gasteiger partial charge in [-0.05, 0) is 60.7 Å². The lowest BCUT2D eigenvalue weighted by atomic mass is 10.2. The van der Waals surface area contributed by atoms with E-state index in [1.807, 2.05) is 0 Å². The molecule has 0 fully saturated rings. The highest BCUT2D eigenvalue weighted by molar-refractivity contribution is 6.31. The van der Waals surface area contributed by atoms with Crippen LogP contribution < -0.4 is 9.47 Å². The Kier molecular flexibility index (Phi) is 5.64. The lowest BCUT2D eigenvalue weighted by Crippen LogP contribution is -2.12.